The number of aromatic nitrogens is 4. The van der Waals surface area contributed by atoms with Crippen LogP contribution in [0.4, 0.5) is 4.39 Å². The Morgan fingerprint density at radius 1 is 1.20 bits per heavy atom. The summed E-state index contributed by atoms with van der Waals surface area (Å²) in [6.45, 7) is 1.46. The van der Waals surface area contributed by atoms with Crippen LogP contribution in [0.2, 0.25) is 5.02 Å². The molecule has 1 aromatic carbocycles. The van der Waals surface area contributed by atoms with Crippen molar-refractivity contribution in [1.82, 2.24) is 19.5 Å². The molecule has 4 aromatic rings. The van der Waals surface area contributed by atoms with Gasteiger partial charge in [0.15, 0.2) is 5.65 Å². The molecule has 0 bridgehead atoms. The van der Waals surface area contributed by atoms with E-state index in [2.05, 4.69) is 20.6 Å². The number of nitrogens with zero attached hydrogens (tertiary/aromatic N) is 4. The van der Waals surface area contributed by atoms with Gasteiger partial charge in [-0.3, -0.25) is 0 Å². The van der Waals surface area contributed by atoms with Crippen LogP contribution in [0, 0.1) is 11.7 Å². The largest absolute Gasteiger partial charge is 0.478 e. The average Bonchev–Trinajstić information content (AvgIpc) is 3.26. The number of fused-ring (bicyclic) bond motifs is 1. The van der Waals surface area contributed by atoms with Gasteiger partial charge in [-0.1, -0.05) is 29.8 Å². The number of ether oxygens (including phenoxy) is 2. The van der Waals surface area contributed by atoms with Gasteiger partial charge in [-0.25, -0.2) is 24.1 Å². The summed E-state index contributed by atoms with van der Waals surface area (Å²) >= 11 is 5.84. The summed E-state index contributed by atoms with van der Waals surface area (Å²) in [6, 6.07) is 11.8. The summed E-state index contributed by atoms with van der Waals surface area (Å²) in [5.41, 5.74) is 3.87. The Morgan fingerprint density at radius 2 is 2.08 bits per heavy atom. The molecule has 1 N–H and O–H groups in total. The molecule has 40 heavy (non-hydrogen) atoms. The highest BCUT2D eigenvalue weighted by Gasteiger charge is 2.25. The second kappa shape index (κ2) is 11.3. The number of hydrogen-bond acceptors (Lipinski definition) is 6. The molecule has 1 saturated heterocycles. The Bertz CT molecular complexity index is 1600. The first-order chi connectivity index (χ1) is 19.4. The highest BCUT2D eigenvalue weighted by molar-refractivity contribution is 6.30. The quantitative estimate of drug-likeness (QED) is 0.263. The molecule has 1 aliphatic heterocycles. The monoisotopic (exact) mass is 562 g/mol. The highest BCUT2D eigenvalue weighted by Crippen LogP contribution is 2.33. The maximum atomic E-state index is 14.1. The number of aromatic carboxylic acids is 1. The minimum Gasteiger partial charge on any atom is -0.478 e. The lowest BCUT2D eigenvalue weighted by Gasteiger charge is -2.28. The SMILES string of the molecule is O=C(O)c1cnc2nc(CC3CC=C(c4cccc(OCc5ccc(Cl)cc5F)n4)CC3)n(C[C@@H]3CCO3)c2c1. The van der Waals surface area contributed by atoms with Crippen LogP contribution in [-0.2, 0) is 24.3 Å². The van der Waals surface area contributed by atoms with Crippen molar-refractivity contribution < 1.29 is 23.8 Å². The lowest BCUT2D eigenvalue weighted by molar-refractivity contribution is -0.0590. The second-order valence-electron chi connectivity index (χ2n) is 10.3. The van der Waals surface area contributed by atoms with Gasteiger partial charge < -0.3 is 19.1 Å². The van der Waals surface area contributed by atoms with E-state index >= 15 is 0 Å². The van der Waals surface area contributed by atoms with Crippen molar-refractivity contribution in [3.63, 3.8) is 0 Å². The van der Waals surface area contributed by atoms with E-state index in [1.54, 1.807) is 24.3 Å². The van der Waals surface area contributed by atoms with Crippen LogP contribution >= 0.6 is 11.6 Å². The lowest BCUT2D eigenvalue weighted by atomic mass is 9.86. The van der Waals surface area contributed by atoms with Crippen LogP contribution < -0.4 is 4.74 Å². The summed E-state index contributed by atoms with van der Waals surface area (Å²) < 4.78 is 27.6. The first-order valence-electron chi connectivity index (χ1n) is 13.4. The smallest absolute Gasteiger partial charge is 0.337 e. The van der Waals surface area contributed by atoms with Crippen molar-refractivity contribution in [2.75, 3.05) is 6.61 Å². The van der Waals surface area contributed by atoms with Gasteiger partial charge >= 0.3 is 5.97 Å². The number of halogens is 2. The summed E-state index contributed by atoms with van der Waals surface area (Å²) in [4.78, 5) is 25.3. The van der Waals surface area contributed by atoms with E-state index in [9.17, 15) is 14.3 Å². The molecule has 2 atom stereocenters. The standard InChI is InChI=1S/C30H28ClFN4O4/c31-22-9-8-20(24(32)14-22)17-40-28-3-1-2-25(34-28)19-6-4-18(5-7-19)12-27-35-29-26(13-21(15-33-29)30(37)38)36(27)16-23-10-11-39-23/h1-3,6,8-9,13-15,18,23H,4-5,7,10-12,16-17H2,(H,37,38)/t18?,23-/m0/s1. The van der Waals surface area contributed by atoms with E-state index in [1.807, 2.05) is 12.1 Å². The molecule has 2 aliphatic rings. The Morgan fingerprint density at radius 3 is 2.80 bits per heavy atom. The van der Waals surface area contributed by atoms with E-state index in [-0.39, 0.29) is 18.3 Å². The maximum absolute atomic E-state index is 14.1. The lowest BCUT2D eigenvalue weighted by Crippen LogP contribution is -2.32. The van der Waals surface area contributed by atoms with Gasteiger partial charge in [-0.2, -0.15) is 0 Å². The topological polar surface area (TPSA) is 99.4 Å². The summed E-state index contributed by atoms with van der Waals surface area (Å²) in [6.07, 6.45) is 8.13. The molecule has 1 aliphatic carbocycles. The number of hydrogen-bond donors (Lipinski definition) is 1. The third kappa shape index (κ3) is 5.71. The molecule has 1 unspecified atom stereocenters. The number of carbonyl (C=O) groups is 1. The molecule has 4 heterocycles. The van der Waals surface area contributed by atoms with Gasteiger partial charge in [0.1, 0.15) is 18.2 Å². The molecule has 8 nitrogen and oxygen atoms in total. The first-order valence-corrected chi connectivity index (χ1v) is 13.7. The Hall–Kier alpha value is -3.82. The molecular weight excluding hydrogens is 535 g/mol. The second-order valence-corrected chi connectivity index (χ2v) is 10.7. The highest BCUT2D eigenvalue weighted by atomic mass is 35.5. The molecule has 0 spiro atoms. The Balaban J connectivity index is 1.15. The zero-order valence-corrected chi connectivity index (χ0v) is 22.5. The van der Waals surface area contributed by atoms with Crippen LogP contribution in [0.15, 0.2) is 54.7 Å². The molecule has 1 fully saturated rings. The number of pyridine rings is 2. The zero-order chi connectivity index (χ0) is 27.6. The van der Waals surface area contributed by atoms with Crippen molar-refractivity contribution in [3.8, 4) is 5.88 Å². The summed E-state index contributed by atoms with van der Waals surface area (Å²) in [5, 5.41) is 9.79. The maximum Gasteiger partial charge on any atom is 0.337 e. The van der Waals surface area contributed by atoms with Gasteiger partial charge in [0, 0.05) is 35.9 Å². The minimum atomic E-state index is -1.01. The van der Waals surface area contributed by atoms with Gasteiger partial charge in [-0.15, -0.1) is 0 Å². The van der Waals surface area contributed by atoms with E-state index in [4.69, 9.17) is 26.1 Å². The number of rotatable bonds is 9. The number of carboxylic acid groups (broad SMARTS) is 1. The van der Waals surface area contributed by atoms with Crippen LogP contribution in [-0.4, -0.2) is 43.3 Å². The van der Waals surface area contributed by atoms with E-state index in [0.29, 0.717) is 34.6 Å². The van der Waals surface area contributed by atoms with Gasteiger partial charge in [0.25, 0.3) is 0 Å². The average molecular weight is 563 g/mol. The molecule has 0 saturated carbocycles. The number of allylic oxidation sites excluding steroid dienone is 2. The van der Waals surface area contributed by atoms with Gasteiger partial charge in [-0.05, 0) is 61.4 Å². The molecule has 6 rings (SSSR count). The Kier molecular flexibility index (Phi) is 7.49. The van der Waals surface area contributed by atoms with Gasteiger partial charge in [0.2, 0.25) is 5.88 Å². The summed E-state index contributed by atoms with van der Waals surface area (Å²) in [5.74, 6) is 0.318. The van der Waals surface area contributed by atoms with Crippen molar-refractivity contribution in [3.05, 3.63) is 88.2 Å². The zero-order valence-electron chi connectivity index (χ0n) is 21.7. The fourth-order valence-electron chi connectivity index (χ4n) is 5.19. The van der Waals surface area contributed by atoms with Crippen LogP contribution in [0.3, 0.4) is 0 Å². The molecule has 0 amide bonds. The first kappa shape index (κ1) is 26.4. The predicted octanol–water partition coefficient (Wildman–Crippen LogP) is 6.11. The van der Waals surface area contributed by atoms with E-state index in [0.717, 1.165) is 61.3 Å². The fourth-order valence-corrected chi connectivity index (χ4v) is 5.35. The van der Waals surface area contributed by atoms with Crippen LogP contribution in [0.25, 0.3) is 16.7 Å². The van der Waals surface area contributed by atoms with E-state index in [1.165, 1.54) is 12.3 Å². The molecule has 3 aromatic heterocycles. The van der Waals surface area contributed by atoms with Crippen LogP contribution in [0.1, 0.15) is 53.1 Å². The molecule has 0 radical (unpaired) electrons. The third-order valence-electron chi connectivity index (χ3n) is 7.55. The number of carboxylic acids is 1. The van der Waals surface area contributed by atoms with E-state index < -0.39 is 11.8 Å². The van der Waals surface area contributed by atoms with Crippen molar-refractivity contribution in [1.29, 1.82) is 0 Å². The third-order valence-corrected chi connectivity index (χ3v) is 7.78. The van der Waals surface area contributed by atoms with Gasteiger partial charge in [0.05, 0.1) is 29.4 Å². The minimum absolute atomic E-state index is 0.0658. The van der Waals surface area contributed by atoms with Crippen molar-refractivity contribution in [2.24, 2.45) is 5.92 Å². The molecule has 10 heteroatoms. The predicted molar refractivity (Wildman–Crippen MR) is 148 cm³/mol. The molecular formula is C30H28ClFN4O4. The number of benzene rings is 1. The Labute approximate surface area is 235 Å². The normalized spacial score (nSPS) is 18.8. The fraction of sp³-hybridized carbons (Fsp3) is 0.333. The summed E-state index contributed by atoms with van der Waals surface area (Å²) in [7, 11) is 0. The van der Waals surface area contributed by atoms with Crippen molar-refractivity contribution >= 4 is 34.3 Å². The molecule has 206 valence electrons. The van der Waals surface area contributed by atoms with Crippen molar-refractivity contribution in [2.45, 2.75) is 51.4 Å². The van der Waals surface area contributed by atoms with Crippen LogP contribution in [0.5, 0.6) is 5.88 Å². The number of imidazole rings is 1.